The van der Waals surface area contributed by atoms with Crippen LogP contribution in [0.15, 0.2) is 0 Å². The van der Waals surface area contributed by atoms with Gasteiger partial charge in [-0.15, -0.1) is 0 Å². The van der Waals surface area contributed by atoms with Crippen molar-refractivity contribution in [3.05, 3.63) is 0 Å². The highest BCUT2D eigenvalue weighted by molar-refractivity contribution is 8.90. The predicted molar refractivity (Wildman–Crippen MR) is 52.3 cm³/mol. The van der Waals surface area contributed by atoms with Crippen LogP contribution in [-0.4, -0.2) is 17.2 Å². The van der Waals surface area contributed by atoms with Crippen LogP contribution in [0, 0.1) is 0 Å². The zero-order valence-electron chi connectivity index (χ0n) is 6.59. The van der Waals surface area contributed by atoms with E-state index in [0.29, 0.717) is 0 Å². The van der Waals surface area contributed by atoms with E-state index in [2.05, 4.69) is 13.8 Å². The van der Waals surface area contributed by atoms with Gasteiger partial charge in [-0.3, -0.25) is 0 Å². The Kier molecular flexibility index (Phi) is 2.49. The molecule has 0 aromatic heterocycles. The molecule has 0 radical (unpaired) electrons. The smallest absolute Gasteiger partial charge is 0.188 e. The number of rotatable bonds is 0. The topological polar surface area (TPSA) is 17.1 Å². The van der Waals surface area contributed by atoms with E-state index in [4.69, 9.17) is 0 Å². The minimum atomic E-state index is -1.87. The zero-order valence-corrected chi connectivity index (χ0v) is 9.11. The summed E-state index contributed by atoms with van der Waals surface area (Å²) in [7, 11) is 0. The second kappa shape index (κ2) is 2.76. The maximum atomic E-state index is 11.6. The van der Waals surface area contributed by atoms with Gasteiger partial charge < -0.3 is 4.57 Å². The number of hydrogen-bond donors (Lipinski definition) is 0. The van der Waals surface area contributed by atoms with Gasteiger partial charge in [0.25, 0.3) is 0 Å². The van der Waals surface area contributed by atoms with Crippen molar-refractivity contribution in [2.45, 2.75) is 25.0 Å². The molecule has 1 unspecified atom stereocenters. The Morgan fingerprint density at radius 3 is 2.40 bits per heavy atom. The molecule has 4 heteroatoms. The van der Waals surface area contributed by atoms with Crippen LogP contribution in [-0.2, 0) is 4.57 Å². The van der Waals surface area contributed by atoms with Gasteiger partial charge in [-0.1, -0.05) is 36.6 Å². The lowest BCUT2D eigenvalue weighted by molar-refractivity contribution is 0.594. The Morgan fingerprint density at radius 1 is 1.50 bits per heavy atom. The van der Waals surface area contributed by atoms with Gasteiger partial charge in [0.15, 0.2) is 5.55 Å². The van der Waals surface area contributed by atoms with E-state index in [0.717, 1.165) is 5.75 Å². The van der Waals surface area contributed by atoms with Gasteiger partial charge in [0.2, 0.25) is 0 Å². The Morgan fingerprint density at radius 2 is 2.10 bits per heavy atom. The molecule has 0 amide bonds. The third-order valence-electron chi connectivity index (χ3n) is 1.44. The van der Waals surface area contributed by atoms with Crippen LogP contribution in [0.5, 0.6) is 0 Å². The molecule has 10 heavy (non-hydrogen) atoms. The van der Waals surface area contributed by atoms with Crippen molar-refractivity contribution in [3.63, 3.8) is 0 Å². The molecule has 0 aromatic rings. The summed E-state index contributed by atoms with van der Waals surface area (Å²) in [6.45, 7) is 6.23. The Labute approximate surface area is 70.6 Å². The summed E-state index contributed by atoms with van der Waals surface area (Å²) in [6.07, 6.45) is 1.18. The summed E-state index contributed by atoms with van der Waals surface area (Å²) in [5, 5.41) is 0. The molecule has 0 aromatic carbocycles. The van der Waals surface area contributed by atoms with Gasteiger partial charge in [0, 0.05) is 17.2 Å². The average molecular weight is 196 g/mol. The van der Waals surface area contributed by atoms with Crippen LogP contribution in [0.4, 0.5) is 0 Å². The molecular weight excluding hydrogens is 183 g/mol. The summed E-state index contributed by atoms with van der Waals surface area (Å²) >= 11 is 3.31. The monoisotopic (exact) mass is 196 g/mol. The fourth-order valence-corrected chi connectivity index (χ4v) is 10.5. The van der Waals surface area contributed by atoms with Crippen molar-refractivity contribution in [1.29, 1.82) is 0 Å². The van der Waals surface area contributed by atoms with E-state index in [9.17, 15) is 4.57 Å². The molecule has 0 aliphatic carbocycles. The largest absolute Gasteiger partial charge is 0.301 e. The SMILES string of the molecule is CC1(C)CCSP(C)(=O)S1. The fraction of sp³-hybridized carbons (Fsp3) is 1.00. The molecular formula is C6H13OPS2. The summed E-state index contributed by atoms with van der Waals surface area (Å²) in [6, 6.07) is 0. The van der Waals surface area contributed by atoms with E-state index in [-0.39, 0.29) is 4.75 Å². The Balaban J connectivity index is 2.66. The third kappa shape index (κ3) is 2.52. The van der Waals surface area contributed by atoms with E-state index in [1.54, 1.807) is 22.8 Å². The molecule has 0 N–H and O–H groups in total. The van der Waals surface area contributed by atoms with Crippen molar-refractivity contribution in [2.24, 2.45) is 0 Å². The molecule has 0 saturated carbocycles. The van der Waals surface area contributed by atoms with Gasteiger partial charge >= 0.3 is 0 Å². The van der Waals surface area contributed by atoms with Gasteiger partial charge in [-0.05, 0) is 6.42 Å². The van der Waals surface area contributed by atoms with Gasteiger partial charge in [0.1, 0.15) is 0 Å². The first-order chi connectivity index (χ1) is 4.41. The molecule has 0 bridgehead atoms. The Bertz CT molecular complexity index is 179. The highest BCUT2D eigenvalue weighted by atomic mass is 33.1. The molecule has 1 saturated heterocycles. The lowest BCUT2D eigenvalue weighted by Gasteiger charge is -2.31. The summed E-state index contributed by atoms with van der Waals surface area (Å²) < 4.78 is 11.8. The van der Waals surface area contributed by atoms with Crippen LogP contribution in [0.2, 0.25) is 0 Å². The lowest BCUT2D eigenvalue weighted by atomic mass is 10.1. The second-order valence-corrected chi connectivity index (χ2v) is 12.9. The molecule has 1 atom stereocenters. The van der Waals surface area contributed by atoms with Crippen LogP contribution in [0.1, 0.15) is 20.3 Å². The van der Waals surface area contributed by atoms with Crippen LogP contribution < -0.4 is 0 Å². The normalized spacial score (nSPS) is 39.5. The van der Waals surface area contributed by atoms with Crippen molar-refractivity contribution in [3.8, 4) is 0 Å². The van der Waals surface area contributed by atoms with Crippen LogP contribution in [0.3, 0.4) is 0 Å². The van der Waals surface area contributed by atoms with Crippen molar-refractivity contribution in [2.75, 3.05) is 12.4 Å². The zero-order chi connectivity index (χ0) is 7.83. The highest BCUT2D eigenvalue weighted by Gasteiger charge is 2.33. The van der Waals surface area contributed by atoms with Gasteiger partial charge in [-0.25, -0.2) is 0 Å². The molecule has 1 aliphatic heterocycles. The van der Waals surface area contributed by atoms with Gasteiger partial charge in [0.05, 0.1) is 0 Å². The van der Waals surface area contributed by atoms with E-state index >= 15 is 0 Å². The second-order valence-electron chi connectivity index (χ2n) is 3.21. The van der Waals surface area contributed by atoms with Crippen molar-refractivity contribution < 1.29 is 4.57 Å². The van der Waals surface area contributed by atoms with Crippen molar-refractivity contribution in [1.82, 2.24) is 0 Å². The predicted octanol–water partition coefficient (Wildman–Crippen LogP) is 3.46. The number of hydrogen-bond acceptors (Lipinski definition) is 3. The maximum Gasteiger partial charge on any atom is 0.188 e. The molecule has 60 valence electrons. The maximum absolute atomic E-state index is 11.6. The minimum absolute atomic E-state index is 0.246. The first-order valence-electron chi connectivity index (χ1n) is 3.34. The fourth-order valence-electron chi connectivity index (χ4n) is 0.978. The first kappa shape index (κ1) is 9.02. The van der Waals surface area contributed by atoms with Crippen molar-refractivity contribution >= 4 is 28.3 Å². The van der Waals surface area contributed by atoms with Gasteiger partial charge in [-0.2, -0.15) is 0 Å². The van der Waals surface area contributed by atoms with E-state index < -0.39 is 5.55 Å². The molecule has 1 aliphatic rings. The molecule has 0 spiro atoms. The van der Waals surface area contributed by atoms with E-state index in [1.165, 1.54) is 6.42 Å². The summed E-state index contributed by atoms with van der Waals surface area (Å²) in [5.74, 6) is 1.06. The lowest BCUT2D eigenvalue weighted by Crippen LogP contribution is -2.17. The average Bonchev–Trinajstić information content (AvgIpc) is 1.56. The summed E-state index contributed by atoms with van der Waals surface area (Å²) in [5.41, 5.74) is -1.87. The third-order valence-corrected chi connectivity index (χ3v) is 9.38. The molecule has 1 heterocycles. The Hall–Kier alpha value is 0.930. The molecule has 1 nitrogen and oxygen atoms in total. The van der Waals surface area contributed by atoms with E-state index in [1.807, 2.05) is 6.66 Å². The quantitative estimate of drug-likeness (QED) is 0.552. The molecule has 1 rings (SSSR count). The van der Waals surface area contributed by atoms with Crippen LogP contribution in [0.25, 0.3) is 0 Å². The molecule has 1 fully saturated rings. The van der Waals surface area contributed by atoms with Crippen LogP contribution >= 0.6 is 28.3 Å². The standard InChI is InChI=1S/C6H13OPS2/c1-6(2)4-5-9-8(3,7)10-6/h4-5H2,1-3H3. The highest BCUT2D eigenvalue weighted by Crippen LogP contribution is 2.73. The minimum Gasteiger partial charge on any atom is -0.301 e. The first-order valence-corrected chi connectivity index (χ1v) is 8.51. The summed E-state index contributed by atoms with van der Waals surface area (Å²) in [4.78, 5) is 0.